The lowest BCUT2D eigenvalue weighted by atomic mass is 9.71. The van der Waals surface area contributed by atoms with E-state index in [4.69, 9.17) is 0 Å². The average molecular weight is 346 g/mol. The minimum atomic E-state index is -0.632. The molecule has 4 heterocycles. The zero-order valence-corrected chi connectivity index (χ0v) is 14.0. The molecule has 2 aromatic heterocycles. The Kier molecular flexibility index (Phi) is 3.50. The number of nitrogens with one attached hydrogen (secondary N) is 2. The van der Waals surface area contributed by atoms with Gasteiger partial charge in [-0.1, -0.05) is 0 Å². The number of carbonyl (C=O) groups is 1. The number of hydrogen-bond acceptors (Lipinski definition) is 5. The number of likely N-dealkylation sites (tertiary alicyclic amines) is 2. The highest BCUT2D eigenvalue weighted by atomic mass is 19.1. The maximum absolute atomic E-state index is 13.4. The molecule has 2 saturated heterocycles. The van der Waals surface area contributed by atoms with Gasteiger partial charge in [-0.05, 0) is 20.0 Å². The second-order valence-corrected chi connectivity index (χ2v) is 7.11. The molecule has 8 nitrogen and oxygen atoms in total. The number of aromatic amines is 2. The fraction of sp³-hybridized carbons (Fsp3) is 0.500. The predicted molar refractivity (Wildman–Crippen MR) is 86.7 cm³/mol. The summed E-state index contributed by atoms with van der Waals surface area (Å²) in [7, 11) is 2.03. The molecule has 4 rings (SSSR count). The van der Waals surface area contributed by atoms with Crippen LogP contribution in [0.25, 0.3) is 0 Å². The van der Waals surface area contributed by atoms with E-state index in [0.717, 1.165) is 37.0 Å². The fourth-order valence-corrected chi connectivity index (χ4v) is 4.05. The number of rotatable bonds is 2. The van der Waals surface area contributed by atoms with Crippen LogP contribution >= 0.6 is 0 Å². The fourth-order valence-electron chi connectivity index (χ4n) is 4.05. The van der Waals surface area contributed by atoms with E-state index in [-0.39, 0.29) is 16.9 Å². The minimum absolute atomic E-state index is 0.122. The summed E-state index contributed by atoms with van der Waals surface area (Å²) in [6.07, 6.45) is 0.949. The highest BCUT2D eigenvalue weighted by Gasteiger charge is 2.56. The lowest BCUT2D eigenvalue weighted by Crippen LogP contribution is -2.62. The average Bonchev–Trinajstić information content (AvgIpc) is 3.10. The molecule has 0 bridgehead atoms. The molecule has 1 unspecified atom stereocenters. The van der Waals surface area contributed by atoms with Gasteiger partial charge in [-0.15, -0.1) is 0 Å². The van der Waals surface area contributed by atoms with E-state index in [1.165, 1.54) is 0 Å². The van der Waals surface area contributed by atoms with Crippen LogP contribution in [0, 0.1) is 18.2 Å². The van der Waals surface area contributed by atoms with Gasteiger partial charge in [0.2, 0.25) is 0 Å². The van der Waals surface area contributed by atoms with Crippen LogP contribution in [0.5, 0.6) is 0 Å². The molecule has 0 aliphatic carbocycles. The number of pyridine rings is 1. The van der Waals surface area contributed by atoms with Crippen molar-refractivity contribution in [3.05, 3.63) is 45.6 Å². The van der Waals surface area contributed by atoms with Gasteiger partial charge in [0.1, 0.15) is 17.2 Å². The monoisotopic (exact) mass is 346 g/mol. The molecule has 25 heavy (non-hydrogen) atoms. The highest BCUT2D eigenvalue weighted by molar-refractivity contribution is 5.94. The first kappa shape index (κ1) is 15.9. The first-order valence-electron chi connectivity index (χ1n) is 8.13. The number of aryl methyl sites for hydroxylation is 1. The second-order valence-electron chi connectivity index (χ2n) is 7.11. The molecular formula is C16H19FN6O2. The van der Waals surface area contributed by atoms with Crippen LogP contribution in [0.15, 0.2) is 17.1 Å². The summed E-state index contributed by atoms with van der Waals surface area (Å²) in [6.45, 7) is 4.51. The molecule has 0 saturated carbocycles. The molecule has 1 atom stereocenters. The smallest absolute Gasteiger partial charge is 0.260 e. The van der Waals surface area contributed by atoms with Crippen molar-refractivity contribution in [1.29, 1.82) is 0 Å². The Morgan fingerprint density at radius 2 is 2.16 bits per heavy atom. The molecule has 2 fully saturated rings. The Morgan fingerprint density at radius 1 is 1.40 bits per heavy atom. The van der Waals surface area contributed by atoms with Crippen LogP contribution < -0.4 is 5.56 Å². The van der Waals surface area contributed by atoms with Crippen molar-refractivity contribution in [3.8, 4) is 0 Å². The quantitative estimate of drug-likeness (QED) is 0.804. The molecule has 9 heteroatoms. The van der Waals surface area contributed by atoms with Crippen molar-refractivity contribution < 1.29 is 9.18 Å². The third-order valence-electron chi connectivity index (χ3n) is 5.14. The SMILES string of the molecule is Cc1nc(C2CN(C)CC23CN(C(=O)c2cc(F)c[nH]c2=O)C3)n[nH]1. The maximum atomic E-state index is 13.4. The standard InChI is InChI=1S/C16H19FN6O2/c1-9-19-13(21-20-9)12-5-22(2)6-16(12)7-23(8-16)15(25)11-3-10(17)4-18-14(11)24/h3-4,12H,5-8H2,1-2H3,(H,18,24)(H,19,20,21). The first-order valence-corrected chi connectivity index (χ1v) is 8.13. The minimum Gasteiger partial charge on any atom is -0.337 e. The first-order chi connectivity index (χ1) is 11.9. The van der Waals surface area contributed by atoms with Crippen molar-refractivity contribution in [2.75, 3.05) is 33.2 Å². The molecule has 2 aliphatic heterocycles. The van der Waals surface area contributed by atoms with E-state index >= 15 is 0 Å². The Bertz CT molecular complexity index is 885. The lowest BCUT2D eigenvalue weighted by molar-refractivity contribution is 0.00283. The van der Waals surface area contributed by atoms with Gasteiger partial charge >= 0.3 is 0 Å². The van der Waals surface area contributed by atoms with Gasteiger partial charge in [-0.2, -0.15) is 5.10 Å². The summed E-state index contributed by atoms with van der Waals surface area (Å²) < 4.78 is 13.4. The van der Waals surface area contributed by atoms with Crippen LogP contribution in [-0.2, 0) is 0 Å². The Balaban J connectivity index is 1.56. The number of halogens is 1. The largest absolute Gasteiger partial charge is 0.337 e. The van der Waals surface area contributed by atoms with Crippen molar-refractivity contribution in [2.24, 2.45) is 5.41 Å². The van der Waals surface area contributed by atoms with E-state index in [1.807, 2.05) is 14.0 Å². The van der Waals surface area contributed by atoms with Crippen molar-refractivity contribution >= 4 is 5.91 Å². The van der Waals surface area contributed by atoms with E-state index < -0.39 is 17.3 Å². The Labute approximate surface area is 143 Å². The van der Waals surface area contributed by atoms with Gasteiger partial charge in [0.15, 0.2) is 5.82 Å². The molecule has 2 N–H and O–H groups in total. The number of aromatic nitrogens is 4. The maximum Gasteiger partial charge on any atom is 0.260 e. The molecule has 0 aromatic carbocycles. The Hall–Kier alpha value is -2.55. The summed E-state index contributed by atoms with van der Waals surface area (Å²) in [5.74, 6) is 0.576. The normalized spacial score (nSPS) is 22.4. The van der Waals surface area contributed by atoms with E-state index in [2.05, 4.69) is 25.1 Å². The zero-order valence-electron chi connectivity index (χ0n) is 14.0. The van der Waals surface area contributed by atoms with Crippen LogP contribution in [0.1, 0.15) is 27.9 Å². The van der Waals surface area contributed by atoms with Crippen LogP contribution in [0.4, 0.5) is 4.39 Å². The molecule has 132 valence electrons. The summed E-state index contributed by atoms with van der Waals surface area (Å²) >= 11 is 0. The predicted octanol–water partition coefficient (Wildman–Crippen LogP) is 0.112. The van der Waals surface area contributed by atoms with Gasteiger partial charge in [0.25, 0.3) is 11.5 Å². The van der Waals surface area contributed by atoms with Gasteiger partial charge in [-0.3, -0.25) is 14.7 Å². The summed E-state index contributed by atoms with van der Waals surface area (Å²) in [5.41, 5.74) is -0.859. The van der Waals surface area contributed by atoms with Crippen molar-refractivity contribution in [3.63, 3.8) is 0 Å². The van der Waals surface area contributed by atoms with E-state index in [9.17, 15) is 14.0 Å². The molecule has 1 amide bonds. The van der Waals surface area contributed by atoms with Gasteiger partial charge < -0.3 is 14.8 Å². The summed E-state index contributed by atoms with van der Waals surface area (Å²) in [5, 5.41) is 7.17. The van der Waals surface area contributed by atoms with Crippen LogP contribution in [0.2, 0.25) is 0 Å². The number of hydrogen-bond donors (Lipinski definition) is 2. The molecule has 2 aromatic rings. The van der Waals surface area contributed by atoms with Gasteiger partial charge in [0.05, 0.1) is 0 Å². The number of amides is 1. The zero-order chi connectivity index (χ0) is 17.8. The lowest BCUT2D eigenvalue weighted by Gasteiger charge is -2.50. The second kappa shape index (κ2) is 5.48. The number of H-pyrrole nitrogens is 2. The number of likely N-dealkylation sites (N-methyl/N-ethyl adjacent to an activating group) is 1. The third kappa shape index (κ3) is 2.55. The van der Waals surface area contributed by atoms with Crippen molar-refractivity contribution in [1.82, 2.24) is 30.0 Å². The van der Waals surface area contributed by atoms with Gasteiger partial charge in [-0.25, -0.2) is 9.37 Å². The topological polar surface area (TPSA) is 98.0 Å². The van der Waals surface area contributed by atoms with E-state index in [1.54, 1.807) is 4.90 Å². The van der Waals surface area contributed by atoms with Crippen LogP contribution in [0.3, 0.4) is 0 Å². The van der Waals surface area contributed by atoms with Gasteiger partial charge in [0, 0.05) is 43.7 Å². The number of nitrogens with zero attached hydrogens (tertiary/aromatic N) is 4. The highest BCUT2D eigenvalue weighted by Crippen LogP contribution is 2.48. The summed E-state index contributed by atoms with van der Waals surface area (Å²) in [6, 6.07) is 0.989. The molecule has 1 spiro atoms. The molecular weight excluding hydrogens is 327 g/mol. The van der Waals surface area contributed by atoms with E-state index in [0.29, 0.717) is 13.1 Å². The summed E-state index contributed by atoms with van der Waals surface area (Å²) in [4.78, 5) is 34.9. The van der Waals surface area contributed by atoms with Crippen LogP contribution in [-0.4, -0.2) is 69.1 Å². The molecule has 2 aliphatic rings. The third-order valence-corrected chi connectivity index (χ3v) is 5.14. The van der Waals surface area contributed by atoms with Crippen molar-refractivity contribution in [2.45, 2.75) is 12.8 Å². The number of carbonyl (C=O) groups excluding carboxylic acids is 1. The molecule has 0 radical (unpaired) electrons. The Morgan fingerprint density at radius 3 is 2.84 bits per heavy atom.